The lowest BCUT2D eigenvalue weighted by atomic mass is 10.2. The maximum Gasteiger partial charge on any atom is 0.244 e. The van der Waals surface area contributed by atoms with E-state index >= 15 is 0 Å². The van der Waals surface area contributed by atoms with Crippen molar-refractivity contribution in [3.05, 3.63) is 66.2 Å². The molecule has 11 heteroatoms. The Kier molecular flexibility index (Phi) is 7.68. The van der Waals surface area contributed by atoms with Gasteiger partial charge in [-0.3, -0.25) is 10.2 Å². The summed E-state index contributed by atoms with van der Waals surface area (Å²) in [5, 5.41) is 19.9. The maximum absolute atomic E-state index is 12.6. The average molecular weight is 449 g/mol. The third kappa shape index (κ3) is 6.40. The lowest BCUT2D eigenvalue weighted by Crippen LogP contribution is -2.52. The fourth-order valence-corrected chi connectivity index (χ4v) is 5.14. The van der Waals surface area contributed by atoms with Crippen LogP contribution in [0, 0.1) is 16.7 Å². The van der Waals surface area contributed by atoms with E-state index in [1.165, 1.54) is 24.3 Å². The van der Waals surface area contributed by atoms with Crippen LogP contribution < -0.4 is 10.6 Å². The third-order valence-corrected chi connectivity index (χ3v) is 7.10. The zero-order valence-electron chi connectivity index (χ0n) is 15.8. The summed E-state index contributed by atoms with van der Waals surface area (Å²) in [6, 6.07) is 15.5. The molecule has 2 rings (SSSR count). The van der Waals surface area contributed by atoms with E-state index in [9.17, 15) is 21.6 Å². The number of carbonyl (C=O) groups excluding carboxylic acids is 1. The number of amidine groups is 1. The molecule has 0 saturated heterocycles. The standard InChI is InChI=1S/C19H20N4O5S2/c20-11-12-22-18(24)17(14-29(25,26)13-15-7-3-1-4-8-15)23-19(21)30(27,28)16-9-5-2-6-10-16/h1-10,17H,12-14H2,(H2,21,23)(H,22,24). The van der Waals surface area contributed by atoms with Gasteiger partial charge < -0.3 is 10.6 Å². The predicted molar refractivity (Wildman–Crippen MR) is 111 cm³/mol. The van der Waals surface area contributed by atoms with Crippen LogP contribution in [0.4, 0.5) is 0 Å². The van der Waals surface area contributed by atoms with Gasteiger partial charge in [0.1, 0.15) is 12.6 Å². The largest absolute Gasteiger partial charge is 0.348 e. The topological polar surface area (TPSA) is 157 Å². The number of sulfone groups is 2. The van der Waals surface area contributed by atoms with Crippen LogP contribution in [0.1, 0.15) is 5.56 Å². The molecular formula is C19H20N4O5S2. The molecule has 2 aromatic rings. The van der Waals surface area contributed by atoms with Crippen molar-refractivity contribution in [1.82, 2.24) is 10.6 Å². The molecule has 0 aliphatic rings. The molecule has 0 saturated carbocycles. The molecule has 9 nitrogen and oxygen atoms in total. The molecule has 0 fully saturated rings. The molecule has 0 aromatic heterocycles. The van der Waals surface area contributed by atoms with Crippen LogP contribution in [0.15, 0.2) is 65.6 Å². The van der Waals surface area contributed by atoms with Crippen LogP contribution in [0.3, 0.4) is 0 Å². The molecule has 0 aliphatic heterocycles. The smallest absolute Gasteiger partial charge is 0.244 e. The molecule has 0 bridgehead atoms. The minimum Gasteiger partial charge on any atom is -0.348 e. The Labute approximate surface area is 175 Å². The second-order valence-corrected chi connectivity index (χ2v) is 10.3. The molecule has 1 amide bonds. The van der Waals surface area contributed by atoms with E-state index in [1.54, 1.807) is 42.5 Å². The summed E-state index contributed by atoms with van der Waals surface area (Å²) in [4.78, 5) is 12.2. The van der Waals surface area contributed by atoms with Crippen LogP contribution in [0.2, 0.25) is 0 Å². The number of hydrogen-bond donors (Lipinski definition) is 3. The zero-order chi connectivity index (χ0) is 22.2. The van der Waals surface area contributed by atoms with Crippen molar-refractivity contribution in [3.8, 4) is 6.07 Å². The van der Waals surface area contributed by atoms with Crippen LogP contribution in [0.5, 0.6) is 0 Å². The molecule has 158 valence electrons. The number of rotatable bonds is 8. The molecular weight excluding hydrogens is 428 g/mol. The van der Waals surface area contributed by atoms with Crippen molar-refractivity contribution >= 4 is 30.7 Å². The Bertz CT molecular complexity index is 1140. The first-order valence-corrected chi connectivity index (χ1v) is 12.0. The monoisotopic (exact) mass is 448 g/mol. The Balaban J connectivity index is 2.24. The molecule has 0 spiro atoms. The lowest BCUT2D eigenvalue weighted by molar-refractivity contribution is -0.122. The van der Waals surface area contributed by atoms with Crippen molar-refractivity contribution in [1.29, 1.82) is 10.7 Å². The molecule has 30 heavy (non-hydrogen) atoms. The van der Waals surface area contributed by atoms with Crippen molar-refractivity contribution < 1.29 is 21.6 Å². The number of hydrogen-bond acceptors (Lipinski definition) is 7. The number of nitrogens with one attached hydrogen (secondary N) is 3. The Morgan fingerprint density at radius 1 is 1.00 bits per heavy atom. The first kappa shape index (κ1) is 23.1. The van der Waals surface area contributed by atoms with E-state index in [4.69, 9.17) is 10.7 Å². The zero-order valence-corrected chi connectivity index (χ0v) is 17.4. The van der Waals surface area contributed by atoms with Crippen LogP contribution >= 0.6 is 0 Å². The van der Waals surface area contributed by atoms with Gasteiger partial charge in [-0.25, -0.2) is 16.8 Å². The van der Waals surface area contributed by atoms with E-state index in [-0.39, 0.29) is 10.6 Å². The molecule has 0 heterocycles. The number of nitrogens with zero attached hydrogens (tertiary/aromatic N) is 1. The number of amides is 1. The van der Waals surface area contributed by atoms with E-state index < -0.39 is 49.1 Å². The van der Waals surface area contributed by atoms with Gasteiger partial charge in [-0.1, -0.05) is 48.5 Å². The highest BCUT2D eigenvalue weighted by Crippen LogP contribution is 2.12. The number of carbonyl (C=O) groups is 1. The normalized spacial score (nSPS) is 12.4. The van der Waals surface area contributed by atoms with Gasteiger partial charge in [0.25, 0.3) is 0 Å². The fraction of sp³-hybridized carbons (Fsp3) is 0.211. The highest BCUT2D eigenvalue weighted by Gasteiger charge is 2.30. The Hall–Kier alpha value is -3.23. The van der Waals surface area contributed by atoms with Gasteiger partial charge in [0.05, 0.1) is 22.5 Å². The molecule has 2 aromatic carbocycles. The number of benzene rings is 2. The molecule has 1 atom stereocenters. The van der Waals surface area contributed by atoms with Gasteiger partial charge in [0.15, 0.2) is 9.84 Å². The highest BCUT2D eigenvalue weighted by atomic mass is 32.2. The van der Waals surface area contributed by atoms with E-state index in [0.717, 1.165) is 0 Å². The van der Waals surface area contributed by atoms with E-state index in [1.807, 2.05) is 0 Å². The van der Waals surface area contributed by atoms with Gasteiger partial charge in [-0.2, -0.15) is 5.26 Å². The second-order valence-electron chi connectivity index (χ2n) is 6.26. The molecule has 1 unspecified atom stereocenters. The van der Waals surface area contributed by atoms with Gasteiger partial charge in [0, 0.05) is 0 Å². The van der Waals surface area contributed by atoms with Crippen molar-refractivity contribution in [2.45, 2.75) is 16.7 Å². The van der Waals surface area contributed by atoms with Crippen molar-refractivity contribution in [3.63, 3.8) is 0 Å². The number of nitriles is 1. The Morgan fingerprint density at radius 3 is 2.13 bits per heavy atom. The lowest BCUT2D eigenvalue weighted by Gasteiger charge is -2.19. The Morgan fingerprint density at radius 2 is 1.57 bits per heavy atom. The first-order chi connectivity index (χ1) is 14.2. The van der Waals surface area contributed by atoms with Crippen LogP contribution in [-0.2, 0) is 30.2 Å². The van der Waals surface area contributed by atoms with Gasteiger partial charge in [-0.05, 0) is 17.7 Å². The highest BCUT2D eigenvalue weighted by molar-refractivity contribution is 8.06. The molecule has 0 radical (unpaired) electrons. The van der Waals surface area contributed by atoms with Crippen molar-refractivity contribution in [2.75, 3.05) is 12.3 Å². The van der Waals surface area contributed by atoms with E-state index in [0.29, 0.717) is 5.56 Å². The van der Waals surface area contributed by atoms with Gasteiger partial charge >= 0.3 is 0 Å². The van der Waals surface area contributed by atoms with Crippen LogP contribution in [-0.4, -0.2) is 46.2 Å². The summed E-state index contributed by atoms with van der Waals surface area (Å²) >= 11 is 0. The quantitative estimate of drug-likeness (QED) is 0.303. The predicted octanol–water partition coefficient (Wildman–Crippen LogP) is 0.608. The first-order valence-electron chi connectivity index (χ1n) is 8.70. The van der Waals surface area contributed by atoms with Gasteiger partial charge in [0.2, 0.25) is 20.9 Å². The summed E-state index contributed by atoms with van der Waals surface area (Å²) in [5.41, 5.74) is 0.501. The maximum atomic E-state index is 12.6. The van der Waals surface area contributed by atoms with Crippen molar-refractivity contribution in [2.24, 2.45) is 0 Å². The summed E-state index contributed by atoms with van der Waals surface area (Å²) < 4.78 is 50.3. The second kappa shape index (κ2) is 10.00. The average Bonchev–Trinajstić information content (AvgIpc) is 2.72. The molecule has 3 N–H and O–H groups in total. The summed E-state index contributed by atoms with van der Waals surface area (Å²) in [7, 11) is -8.13. The van der Waals surface area contributed by atoms with E-state index in [2.05, 4.69) is 10.6 Å². The van der Waals surface area contributed by atoms with Crippen LogP contribution in [0.25, 0.3) is 0 Å². The fourth-order valence-electron chi connectivity index (χ4n) is 2.53. The minimum absolute atomic E-state index is 0.175. The summed E-state index contributed by atoms with van der Waals surface area (Å²) in [6.07, 6.45) is 0. The SMILES string of the molecule is N#CCNC(=O)C(CS(=O)(=O)Cc1ccccc1)NC(=N)S(=O)(=O)c1ccccc1. The third-order valence-electron chi connectivity index (χ3n) is 3.94. The van der Waals surface area contributed by atoms with Gasteiger partial charge in [-0.15, -0.1) is 0 Å². The molecule has 0 aliphatic carbocycles. The summed E-state index contributed by atoms with van der Waals surface area (Å²) in [5.74, 6) is -2.02. The summed E-state index contributed by atoms with van der Waals surface area (Å²) in [6.45, 7) is -0.394. The minimum atomic E-state index is -4.27.